The summed E-state index contributed by atoms with van der Waals surface area (Å²) in [6.45, 7) is 0. The van der Waals surface area contributed by atoms with Crippen LogP contribution in [0, 0.1) is 5.92 Å². The molecule has 2 nitrogen and oxygen atoms in total. The van der Waals surface area contributed by atoms with Crippen LogP contribution in [0.3, 0.4) is 0 Å². The van der Waals surface area contributed by atoms with Crippen molar-refractivity contribution in [3.63, 3.8) is 0 Å². The Morgan fingerprint density at radius 3 is 2.00 bits per heavy atom. The fraction of sp³-hybridized carbons (Fsp3) is 0.562. The van der Waals surface area contributed by atoms with Gasteiger partial charge >= 0.3 is 18.3 Å². The molecule has 0 unspecified atom stereocenters. The number of halogens is 8. The molecule has 2 aliphatic rings. The molecule has 1 aromatic rings. The zero-order valence-corrected chi connectivity index (χ0v) is 14.4. The zero-order chi connectivity index (χ0) is 19.7. The molecule has 0 spiro atoms. The van der Waals surface area contributed by atoms with Crippen molar-refractivity contribution in [2.75, 3.05) is 0 Å². The van der Waals surface area contributed by atoms with Crippen molar-refractivity contribution in [1.82, 2.24) is 0 Å². The van der Waals surface area contributed by atoms with Gasteiger partial charge in [0.15, 0.2) is 0 Å². The van der Waals surface area contributed by atoms with Crippen molar-refractivity contribution < 1.29 is 36.2 Å². The van der Waals surface area contributed by atoms with E-state index >= 15 is 0 Å². The number of hydrogen-bond acceptors (Lipinski definition) is 1. The summed E-state index contributed by atoms with van der Waals surface area (Å²) in [5.41, 5.74) is -3.57. The maximum Gasteiger partial charge on any atom is 0.416 e. The smallest absolute Gasteiger partial charge is 0.416 e. The number of carboxylic acids is 1. The minimum absolute atomic E-state index is 0.0828. The molecular formula is C16H12Cl2F6O2. The van der Waals surface area contributed by atoms with E-state index in [1.807, 2.05) is 0 Å². The molecule has 0 aliphatic heterocycles. The average molecular weight is 421 g/mol. The molecule has 144 valence electrons. The Bertz CT molecular complexity index is 752. The van der Waals surface area contributed by atoms with Crippen LogP contribution in [0.25, 0.3) is 0 Å². The quantitative estimate of drug-likeness (QED) is 0.483. The fourth-order valence-corrected chi connectivity index (χ4v) is 4.30. The van der Waals surface area contributed by atoms with Crippen molar-refractivity contribution >= 4 is 29.2 Å². The summed E-state index contributed by atoms with van der Waals surface area (Å²) < 4.78 is 78.0. The van der Waals surface area contributed by atoms with Gasteiger partial charge < -0.3 is 5.11 Å². The van der Waals surface area contributed by atoms with Gasteiger partial charge in [0.2, 0.25) is 0 Å². The van der Waals surface area contributed by atoms with Gasteiger partial charge in [-0.1, -0.05) is 29.6 Å². The van der Waals surface area contributed by atoms with Gasteiger partial charge in [-0.3, -0.25) is 4.79 Å². The van der Waals surface area contributed by atoms with Crippen molar-refractivity contribution in [3.8, 4) is 0 Å². The molecule has 0 bridgehead atoms. The average Bonchev–Trinajstić information content (AvgIpc) is 2.97. The predicted octanol–water partition coefficient (Wildman–Crippen LogP) is 5.96. The number of hydrogen-bond donors (Lipinski definition) is 1. The first-order valence-electron chi connectivity index (χ1n) is 7.69. The lowest BCUT2D eigenvalue weighted by Gasteiger charge is -2.32. The molecule has 0 aromatic heterocycles. The fourth-order valence-electron chi connectivity index (χ4n) is 3.50. The SMILES string of the molecule is O=C(O)[C@@H]1[C@@H](c2cc(C(F)(F)F)cc(C(F)(F)F)c2C2CCC2)C1(Cl)Cl. The molecule has 10 heteroatoms. The van der Waals surface area contributed by atoms with Gasteiger partial charge in [-0.15, -0.1) is 0 Å². The van der Waals surface area contributed by atoms with E-state index in [2.05, 4.69) is 0 Å². The summed E-state index contributed by atoms with van der Waals surface area (Å²) in [5.74, 6) is -4.86. The van der Waals surface area contributed by atoms with Crippen LogP contribution in [-0.2, 0) is 17.1 Å². The molecule has 2 atom stereocenters. The Morgan fingerprint density at radius 1 is 1.08 bits per heavy atom. The maximum absolute atomic E-state index is 13.5. The van der Waals surface area contributed by atoms with E-state index < -0.39 is 51.5 Å². The maximum atomic E-state index is 13.5. The van der Waals surface area contributed by atoms with Crippen LogP contribution in [0.4, 0.5) is 26.3 Å². The molecule has 1 aromatic carbocycles. The Kier molecular flexibility index (Phi) is 4.47. The van der Waals surface area contributed by atoms with Crippen LogP contribution in [0.2, 0.25) is 0 Å². The number of carboxylic acid groups (broad SMARTS) is 1. The Labute approximate surface area is 154 Å². The summed E-state index contributed by atoms with van der Waals surface area (Å²) in [5, 5.41) is 9.17. The molecule has 0 amide bonds. The lowest BCUT2D eigenvalue weighted by molar-refractivity contribution is -0.143. The van der Waals surface area contributed by atoms with E-state index in [-0.39, 0.29) is 17.2 Å². The summed E-state index contributed by atoms with van der Waals surface area (Å²) in [6, 6.07) is 0.648. The molecule has 2 fully saturated rings. The van der Waals surface area contributed by atoms with Gasteiger partial charge in [-0.05, 0) is 42.0 Å². The van der Waals surface area contributed by atoms with Crippen LogP contribution in [0.5, 0.6) is 0 Å². The van der Waals surface area contributed by atoms with Gasteiger partial charge in [0.1, 0.15) is 4.33 Å². The first-order valence-corrected chi connectivity index (χ1v) is 8.44. The van der Waals surface area contributed by atoms with Crippen LogP contribution < -0.4 is 0 Å². The number of aliphatic carboxylic acids is 1. The van der Waals surface area contributed by atoms with Gasteiger partial charge in [0.25, 0.3) is 0 Å². The molecule has 0 heterocycles. The van der Waals surface area contributed by atoms with Crippen molar-refractivity contribution in [1.29, 1.82) is 0 Å². The topological polar surface area (TPSA) is 37.3 Å². The van der Waals surface area contributed by atoms with E-state index in [9.17, 15) is 31.1 Å². The van der Waals surface area contributed by atoms with E-state index in [4.69, 9.17) is 28.3 Å². The first-order chi connectivity index (χ1) is 11.8. The van der Waals surface area contributed by atoms with Gasteiger partial charge in [0, 0.05) is 5.92 Å². The molecule has 2 saturated carbocycles. The highest BCUT2D eigenvalue weighted by Gasteiger charge is 2.69. The molecule has 1 N–H and O–H groups in total. The highest BCUT2D eigenvalue weighted by atomic mass is 35.5. The van der Waals surface area contributed by atoms with E-state index in [0.717, 1.165) is 0 Å². The minimum Gasteiger partial charge on any atom is -0.481 e. The van der Waals surface area contributed by atoms with Crippen molar-refractivity contribution in [3.05, 3.63) is 34.4 Å². The van der Waals surface area contributed by atoms with Crippen LogP contribution in [-0.4, -0.2) is 15.4 Å². The third-order valence-electron chi connectivity index (χ3n) is 5.01. The van der Waals surface area contributed by atoms with Crippen LogP contribution in [0.1, 0.15) is 53.4 Å². The van der Waals surface area contributed by atoms with Gasteiger partial charge in [0.05, 0.1) is 17.0 Å². The normalized spacial score (nSPS) is 25.7. The number of benzene rings is 1. The predicted molar refractivity (Wildman–Crippen MR) is 81.3 cm³/mol. The molecule has 3 rings (SSSR count). The van der Waals surface area contributed by atoms with E-state index in [1.54, 1.807) is 0 Å². The molecule has 0 radical (unpaired) electrons. The summed E-state index contributed by atoms with van der Waals surface area (Å²) >= 11 is 11.8. The molecular weight excluding hydrogens is 409 g/mol. The second-order valence-corrected chi connectivity index (χ2v) is 8.06. The zero-order valence-electron chi connectivity index (χ0n) is 12.9. The second kappa shape index (κ2) is 5.92. The summed E-state index contributed by atoms with van der Waals surface area (Å²) in [7, 11) is 0. The molecule has 26 heavy (non-hydrogen) atoms. The number of alkyl halides is 8. The van der Waals surface area contributed by atoms with E-state index in [1.165, 1.54) is 0 Å². The summed E-state index contributed by atoms with van der Waals surface area (Å²) in [4.78, 5) is 11.3. The highest BCUT2D eigenvalue weighted by Crippen LogP contribution is 2.67. The van der Waals surface area contributed by atoms with Gasteiger partial charge in [-0.2, -0.15) is 26.3 Å². The number of carbonyl (C=O) groups is 1. The number of rotatable bonds is 3. The van der Waals surface area contributed by atoms with E-state index in [0.29, 0.717) is 25.3 Å². The molecule has 2 aliphatic carbocycles. The highest BCUT2D eigenvalue weighted by molar-refractivity contribution is 6.53. The minimum atomic E-state index is -5.03. The second-order valence-electron chi connectivity index (χ2n) is 6.62. The van der Waals surface area contributed by atoms with Gasteiger partial charge in [-0.25, -0.2) is 0 Å². The summed E-state index contributed by atoms with van der Waals surface area (Å²) in [6.07, 6.45) is -8.65. The lowest BCUT2D eigenvalue weighted by atomic mass is 9.74. The van der Waals surface area contributed by atoms with Crippen LogP contribution >= 0.6 is 23.2 Å². The van der Waals surface area contributed by atoms with Crippen molar-refractivity contribution in [2.24, 2.45) is 5.92 Å². The van der Waals surface area contributed by atoms with Crippen molar-refractivity contribution in [2.45, 2.75) is 47.8 Å². The monoisotopic (exact) mass is 420 g/mol. The Morgan fingerprint density at radius 2 is 1.65 bits per heavy atom. The largest absolute Gasteiger partial charge is 0.481 e. The third kappa shape index (κ3) is 3.15. The Balaban J connectivity index is 2.26. The van der Waals surface area contributed by atoms with Crippen LogP contribution in [0.15, 0.2) is 12.1 Å². The lowest BCUT2D eigenvalue weighted by Crippen LogP contribution is -2.21. The molecule has 0 saturated heterocycles. The third-order valence-corrected chi connectivity index (χ3v) is 5.95. The Hall–Kier alpha value is -1.15. The first kappa shape index (κ1) is 19.6. The standard InChI is InChI=1S/C16H12Cl2F6O2/c17-14(18)11(12(14)13(25)26)8-4-7(15(19,20)21)5-9(16(22,23)24)10(8)6-2-1-3-6/h4-6,11-12H,1-3H2,(H,25,26)/t11-,12+/m1/s1.